The predicted molar refractivity (Wildman–Crippen MR) is 75.3 cm³/mol. The lowest BCUT2D eigenvalue weighted by molar-refractivity contribution is -0.144. The molecule has 6 nitrogen and oxygen atoms in total. The summed E-state index contributed by atoms with van der Waals surface area (Å²) in [7, 11) is 2.90. The monoisotopic (exact) mass is 280 g/mol. The van der Waals surface area contributed by atoms with E-state index in [0.717, 1.165) is 11.3 Å². The van der Waals surface area contributed by atoms with E-state index in [-0.39, 0.29) is 12.5 Å². The zero-order valence-corrected chi connectivity index (χ0v) is 11.9. The molecular weight excluding hydrogens is 260 g/mol. The average Bonchev–Trinajstić information content (AvgIpc) is 2.44. The van der Waals surface area contributed by atoms with Gasteiger partial charge in [0, 0.05) is 31.8 Å². The molecular formula is C14H20N2O4. The second kappa shape index (κ2) is 8.16. The number of anilines is 1. The van der Waals surface area contributed by atoms with Crippen LogP contribution in [0.2, 0.25) is 0 Å². The number of nitrogens with one attached hydrogen (secondary N) is 2. The number of methoxy groups -OCH3 is 2. The number of carbonyl (C=O) groups is 2. The van der Waals surface area contributed by atoms with Gasteiger partial charge in [0.1, 0.15) is 6.04 Å². The number of hydrogen-bond donors (Lipinski definition) is 2. The van der Waals surface area contributed by atoms with E-state index in [4.69, 9.17) is 4.74 Å². The smallest absolute Gasteiger partial charge is 0.330 e. The van der Waals surface area contributed by atoms with E-state index >= 15 is 0 Å². The molecule has 0 aliphatic heterocycles. The first kappa shape index (κ1) is 16.0. The molecule has 0 spiro atoms. The fraction of sp³-hybridized carbons (Fsp3) is 0.429. The van der Waals surface area contributed by atoms with Gasteiger partial charge < -0.3 is 20.1 Å². The Hall–Kier alpha value is -2.08. The number of ether oxygens (including phenoxy) is 2. The number of esters is 1. The first-order valence-electron chi connectivity index (χ1n) is 6.24. The van der Waals surface area contributed by atoms with Gasteiger partial charge in [-0.15, -0.1) is 0 Å². The Labute approximate surface area is 118 Å². The van der Waals surface area contributed by atoms with Crippen molar-refractivity contribution in [3.05, 3.63) is 29.8 Å². The van der Waals surface area contributed by atoms with Gasteiger partial charge in [0.15, 0.2) is 0 Å². The summed E-state index contributed by atoms with van der Waals surface area (Å²) in [6.45, 7) is 2.06. The normalized spacial score (nSPS) is 11.6. The van der Waals surface area contributed by atoms with Crippen molar-refractivity contribution in [1.82, 2.24) is 5.32 Å². The van der Waals surface area contributed by atoms with Crippen LogP contribution in [0, 0.1) is 0 Å². The molecule has 0 aliphatic carbocycles. The first-order chi connectivity index (χ1) is 9.58. The highest BCUT2D eigenvalue weighted by molar-refractivity contribution is 5.83. The van der Waals surface area contributed by atoms with Gasteiger partial charge in [-0.2, -0.15) is 0 Å². The molecule has 1 aromatic carbocycles. The summed E-state index contributed by atoms with van der Waals surface area (Å²) in [5, 5.41) is 5.67. The Morgan fingerprint density at radius 3 is 2.55 bits per heavy atom. The van der Waals surface area contributed by atoms with Gasteiger partial charge in [0.05, 0.1) is 13.7 Å². The second-order valence-corrected chi connectivity index (χ2v) is 4.25. The Morgan fingerprint density at radius 2 is 1.95 bits per heavy atom. The van der Waals surface area contributed by atoms with E-state index in [0.29, 0.717) is 6.61 Å². The summed E-state index contributed by atoms with van der Waals surface area (Å²) in [4.78, 5) is 22.7. The van der Waals surface area contributed by atoms with Gasteiger partial charge in [0.25, 0.3) is 0 Å². The lowest BCUT2D eigenvalue weighted by atomic mass is 10.1. The van der Waals surface area contributed by atoms with Crippen LogP contribution in [0.4, 0.5) is 5.69 Å². The molecule has 1 unspecified atom stereocenters. The van der Waals surface area contributed by atoms with Crippen LogP contribution in [-0.4, -0.2) is 38.7 Å². The summed E-state index contributed by atoms with van der Waals surface area (Å²) in [5.41, 5.74) is 1.83. The minimum absolute atomic E-state index is 0.243. The molecule has 0 saturated carbocycles. The second-order valence-electron chi connectivity index (χ2n) is 4.25. The number of para-hydroxylation sites is 1. The van der Waals surface area contributed by atoms with E-state index in [1.807, 2.05) is 24.3 Å². The van der Waals surface area contributed by atoms with Crippen molar-refractivity contribution in [1.29, 1.82) is 0 Å². The molecule has 1 rings (SSSR count). The van der Waals surface area contributed by atoms with Crippen molar-refractivity contribution in [2.24, 2.45) is 0 Å². The van der Waals surface area contributed by atoms with Gasteiger partial charge in [-0.1, -0.05) is 18.2 Å². The maximum atomic E-state index is 11.6. The number of benzene rings is 1. The molecule has 0 bridgehead atoms. The Balaban J connectivity index is 2.71. The summed E-state index contributed by atoms with van der Waals surface area (Å²) in [6.07, 6.45) is 0. The highest BCUT2D eigenvalue weighted by atomic mass is 16.5. The SMILES string of the molecule is COCc1ccccc1NCC(NC(C)=O)C(=O)OC. The summed E-state index contributed by atoms with van der Waals surface area (Å²) in [6, 6.07) is 6.87. The lowest BCUT2D eigenvalue weighted by Crippen LogP contribution is -2.45. The number of carbonyl (C=O) groups excluding carboxylic acids is 2. The van der Waals surface area contributed by atoms with Crippen molar-refractivity contribution < 1.29 is 19.1 Å². The minimum atomic E-state index is -0.729. The van der Waals surface area contributed by atoms with E-state index < -0.39 is 12.0 Å². The Morgan fingerprint density at radius 1 is 1.25 bits per heavy atom. The zero-order valence-electron chi connectivity index (χ0n) is 11.9. The van der Waals surface area contributed by atoms with Crippen molar-refractivity contribution in [2.45, 2.75) is 19.6 Å². The molecule has 1 aromatic rings. The van der Waals surface area contributed by atoms with Gasteiger partial charge in [-0.25, -0.2) is 4.79 Å². The zero-order chi connectivity index (χ0) is 15.0. The molecule has 20 heavy (non-hydrogen) atoms. The van der Waals surface area contributed by atoms with E-state index in [9.17, 15) is 9.59 Å². The summed E-state index contributed by atoms with van der Waals surface area (Å²) in [5.74, 6) is -0.774. The lowest BCUT2D eigenvalue weighted by Gasteiger charge is -2.18. The average molecular weight is 280 g/mol. The number of rotatable bonds is 7. The standard InChI is InChI=1S/C14H20N2O4/c1-10(17)16-13(14(18)20-3)8-15-12-7-5-4-6-11(12)9-19-2/h4-7,13,15H,8-9H2,1-3H3,(H,16,17). The molecule has 6 heteroatoms. The van der Waals surface area contributed by atoms with Gasteiger partial charge >= 0.3 is 5.97 Å². The summed E-state index contributed by atoms with van der Waals surface area (Å²) < 4.78 is 9.77. The van der Waals surface area contributed by atoms with Crippen LogP contribution >= 0.6 is 0 Å². The van der Waals surface area contributed by atoms with Crippen LogP contribution in [0.25, 0.3) is 0 Å². The van der Waals surface area contributed by atoms with Crippen molar-refractivity contribution in [3.63, 3.8) is 0 Å². The van der Waals surface area contributed by atoms with Crippen LogP contribution in [0.5, 0.6) is 0 Å². The third kappa shape index (κ3) is 4.89. The van der Waals surface area contributed by atoms with Crippen LogP contribution in [-0.2, 0) is 25.7 Å². The topological polar surface area (TPSA) is 76.7 Å². The van der Waals surface area contributed by atoms with Crippen LogP contribution in [0.1, 0.15) is 12.5 Å². The van der Waals surface area contributed by atoms with E-state index in [1.54, 1.807) is 7.11 Å². The third-order valence-electron chi connectivity index (χ3n) is 2.68. The fourth-order valence-corrected chi connectivity index (χ4v) is 1.77. The fourth-order valence-electron chi connectivity index (χ4n) is 1.77. The van der Waals surface area contributed by atoms with Crippen LogP contribution < -0.4 is 10.6 Å². The molecule has 1 amide bonds. The number of amides is 1. The molecule has 0 aromatic heterocycles. The number of hydrogen-bond acceptors (Lipinski definition) is 5. The quantitative estimate of drug-likeness (QED) is 0.726. The molecule has 0 saturated heterocycles. The Bertz CT molecular complexity index is 462. The maximum absolute atomic E-state index is 11.6. The first-order valence-corrected chi connectivity index (χ1v) is 6.24. The molecule has 0 radical (unpaired) electrons. The molecule has 0 fully saturated rings. The molecule has 110 valence electrons. The molecule has 0 aliphatic rings. The Kier molecular flexibility index (Phi) is 6.52. The summed E-state index contributed by atoms with van der Waals surface area (Å²) >= 11 is 0. The third-order valence-corrected chi connectivity index (χ3v) is 2.68. The van der Waals surface area contributed by atoms with E-state index in [2.05, 4.69) is 15.4 Å². The van der Waals surface area contributed by atoms with Crippen molar-refractivity contribution in [3.8, 4) is 0 Å². The van der Waals surface area contributed by atoms with Crippen molar-refractivity contribution in [2.75, 3.05) is 26.1 Å². The van der Waals surface area contributed by atoms with Gasteiger partial charge in [-0.3, -0.25) is 4.79 Å². The maximum Gasteiger partial charge on any atom is 0.330 e. The highest BCUT2D eigenvalue weighted by Gasteiger charge is 2.20. The largest absolute Gasteiger partial charge is 0.467 e. The van der Waals surface area contributed by atoms with Crippen LogP contribution in [0.15, 0.2) is 24.3 Å². The molecule has 1 atom stereocenters. The van der Waals surface area contributed by atoms with Crippen molar-refractivity contribution >= 4 is 17.6 Å². The molecule has 0 heterocycles. The van der Waals surface area contributed by atoms with E-state index in [1.165, 1.54) is 14.0 Å². The predicted octanol–water partition coefficient (Wildman–Crippen LogP) is 0.923. The van der Waals surface area contributed by atoms with Crippen LogP contribution in [0.3, 0.4) is 0 Å². The highest BCUT2D eigenvalue weighted by Crippen LogP contribution is 2.15. The van der Waals surface area contributed by atoms with Gasteiger partial charge in [-0.05, 0) is 6.07 Å². The minimum Gasteiger partial charge on any atom is -0.467 e. The van der Waals surface area contributed by atoms with Gasteiger partial charge in [0.2, 0.25) is 5.91 Å². The molecule has 2 N–H and O–H groups in total.